The first-order chi connectivity index (χ1) is 35.7. The van der Waals surface area contributed by atoms with E-state index in [1.165, 1.54) is 73.1 Å². The number of benzene rings is 1. The number of amides is 4. The van der Waals surface area contributed by atoms with Crippen LogP contribution in [-0.2, 0) is 14.4 Å². The minimum atomic E-state index is -1.85. The zero-order valence-corrected chi connectivity index (χ0v) is 48.3. The number of rotatable bonds is 17. The zero-order valence-electron chi connectivity index (χ0n) is 42.4. The van der Waals surface area contributed by atoms with Crippen LogP contribution < -0.4 is 0 Å². The average Bonchev–Trinajstić information content (AvgIpc) is 4.12. The summed E-state index contributed by atoms with van der Waals surface area (Å²) in [6.45, 7) is 17.5. The van der Waals surface area contributed by atoms with Gasteiger partial charge in [-0.1, -0.05) is 48.0 Å². The molecule has 18 heteroatoms. The summed E-state index contributed by atoms with van der Waals surface area (Å²) < 4.78 is 7.67. The molecule has 74 heavy (non-hydrogen) atoms. The number of nitrogens with zero attached hydrogens (tertiary/aromatic N) is 6. The number of hydrogen-bond donors (Lipinski definition) is 2. The third-order valence-corrected chi connectivity index (χ3v) is 28.8. The van der Waals surface area contributed by atoms with Crippen LogP contribution in [0.25, 0.3) is 27.9 Å². The molecule has 3 aliphatic rings. The topological polar surface area (TPSA) is 173 Å². The molecule has 388 valence electrons. The van der Waals surface area contributed by atoms with E-state index in [9.17, 15) is 28.8 Å². The van der Waals surface area contributed by atoms with E-state index in [2.05, 4.69) is 80.0 Å². The Morgan fingerprint density at radius 3 is 1.64 bits per heavy atom. The van der Waals surface area contributed by atoms with Crippen molar-refractivity contribution in [2.45, 2.75) is 72.6 Å². The maximum absolute atomic E-state index is 12.9. The van der Waals surface area contributed by atoms with E-state index in [0.717, 1.165) is 0 Å². The van der Waals surface area contributed by atoms with E-state index in [-0.39, 0.29) is 46.1 Å². The number of halogens is 3. The number of hydrogen-bond acceptors (Lipinski definition) is 8. The summed E-state index contributed by atoms with van der Waals surface area (Å²) in [5, 5.41) is 1.49. The molecule has 0 saturated carbocycles. The van der Waals surface area contributed by atoms with Crippen LogP contribution in [0.3, 0.4) is 0 Å². The Morgan fingerprint density at radius 1 is 0.689 bits per heavy atom. The molecule has 2 fully saturated rings. The molecule has 0 spiro atoms. The van der Waals surface area contributed by atoms with Gasteiger partial charge in [0.2, 0.25) is 0 Å². The molecular weight excluding hydrogens is 1150 g/mol. The molecule has 2 N–H and O–H groups in total. The number of aromatic amines is 2. The molecule has 5 aromatic rings. The summed E-state index contributed by atoms with van der Waals surface area (Å²) in [7, 11) is 0. The van der Waals surface area contributed by atoms with Crippen molar-refractivity contribution in [1.29, 1.82) is 0 Å². The molecule has 0 atom stereocenters. The monoisotopic (exact) mass is 1210 g/mol. The number of pyridine rings is 2. The standard InChI is InChI=1S/C22H19ClN4O3.C20H14BrClN4O3.3C4H9.C2H3.Sn/c1-2-17-19-18(16(23)13-24-17)15(12-25-19)20(28)22(30)27-10-8-26(9-11-27)21(29)14-6-4-3-5-7-14;21-18-16-15(14(22)11-24-18)13(10-23-16)17(27)20(29)26-8-6-25(7-9-26)19(28)12-4-2-1-3-5-12;3*1-3-4-2;1-2;/h2-7,12-13,25H,1,8-11H2;2-5,10-11H,6-9H2;3*1,3-4H2,2H3;1H,2H2;/p+1. The molecule has 4 amide bonds. The number of Topliss-reactive ketones (excluding diaryl/α,β-unsaturated/α-hetero) is 2. The second kappa shape index (κ2) is 27.7. The second-order valence-corrected chi connectivity index (χ2v) is 33.1. The molecule has 2 saturated heterocycles. The van der Waals surface area contributed by atoms with E-state index >= 15 is 0 Å². The number of carbonyl (C=O) groups is 6. The summed E-state index contributed by atoms with van der Waals surface area (Å²) in [4.78, 5) is 96.9. The Hall–Kier alpha value is -5.71. The maximum Gasteiger partial charge on any atom is 0.295 e. The predicted molar refractivity (Wildman–Crippen MR) is 301 cm³/mol. The quantitative estimate of drug-likeness (QED) is 0.0304. The number of ketones is 2. The molecule has 2 aliphatic heterocycles. The van der Waals surface area contributed by atoms with E-state index in [1.807, 2.05) is 18.2 Å². The Morgan fingerprint density at radius 2 is 1.16 bits per heavy atom. The van der Waals surface area contributed by atoms with Gasteiger partial charge < -0.3 is 29.6 Å². The molecule has 6 heterocycles. The Bertz CT molecular complexity index is 2930. The average molecular weight is 1210 g/mol. The number of piperazine rings is 2. The van der Waals surface area contributed by atoms with Crippen molar-refractivity contribution in [3.05, 3.63) is 145 Å². The largest absolute Gasteiger partial charge is 0.358 e. The fourth-order valence-electron chi connectivity index (χ4n) is 9.20. The van der Waals surface area contributed by atoms with Crippen LogP contribution in [0.4, 0.5) is 0 Å². The first kappa shape index (κ1) is 57.6. The van der Waals surface area contributed by atoms with Crippen molar-refractivity contribution < 1.29 is 28.8 Å². The van der Waals surface area contributed by atoms with Gasteiger partial charge in [-0.2, -0.15) is 0 Å². The molecular formula is C56H64BrCl2N8O6Sn+. The van der Waals surface area contributed by atoms with Gasteiger partial charge in [0.1, 0.15) is 22.3 Å². The third-order valence-electron chi connectivity index (χ3n) is 13.6. The van der Waals surface area contributed by atoms with Gasteiger partial charge in [-0.05, 0) is 34.1 Å². The van der Waals surface area contributed by atoms with E-state index in [0.29, 0.717) is 82.5 Å². The number of aromatic nitrogens is 4. The second-order valence-electron chi connectivity index (χ2n) is 18.4. The first-order valence-electron chi connectivity index (χ1n) is 25.2. The number of fused-ring (bicyclic) bond motifs is 2. The Balaban J connectivity index is 0.000000192. The van der Waals surface area contributed by atoms with Gasteiger partial charge in [0.15, 0.2) is 0 Å². The van der Waals surface area contributed by atoms with Crippen LogP contribution >= 0.6 is 39.1 Å². The maximum atomic E-state index is 12.9. The minimum absolute atomic E-state index is 0.0816. The van der Waals surface area contributed by atoms with Crippen molar-refractivity contribution in [2.75, 3.05) is 52.4 Å². The Kier molecular flexibility index (Phi) is 21.6. The van der Waals surface area contributed by atoms with Crippen LogP contribution in [0.5, 0.6) is 0 Å². The summed E-state index contributed by atoms with van der Waals surface area (Å²) in [6, 6.07) is 8.99. The number of nitrogens with one attached hydrogen (secondary N) is 2. The van der Waals surface area contributed by atoms with E-state index < -0.39 is 41.8 Å². The molecule has 0 bridgehead atoms. The molecule has 1 aromatic carbocycles. The molecule has 0 radical (unpaired) electrons. The first-order valence-corrected chi connectivity index (χ1v) is 34.5. The van der Waals surface area contributed by atoms with Crippen molar-refractivity contribution >= 4 is 121 Å². The number of unbranched alkanes of at least 4 members (excludes halogenated alkanes) is 3. The van der Waals surface area contributed by atoms with Crippen LogP contribution in [0.15, 0.2) is 107 Å². The van der Waals surface area contributed by atoms with Gasteiger partial charge in [0, 0.05) is 99.6 Å². The molecule has 4 aromatic heterocycles. The van der Waals surface area contributed by atoms with Gasteiger partial charge in [0.05, 0.1) is 50.1 Å². The molecule has 8 rings (SSSR count). The summed E-state index contributed by atoms with van der Waals surface area (Å²) >= 11 is 13.9. The summed E-state index contributed by atoms with van der Waals surface area (Å²) in [6.07, 6.45) is 25.5. The van der Waals surface area contributed by atoms with Gasteiger partial charge in [0.25, 0.3) is 35.2 Å². The van der Waals surface area contributed by atoms with Crippen molar-refractivity contribution in [3.8, 4) is 0 Å². The van der Waals surface area contributed by atoms with E-state index in [4.69, 9.17) is 23.2 Å². The van der Waals surface area contributed by atoms with Crippen molar-refractivity contribution in [1.82, 2.24) is 39.5 Å². The van der Waals surface area contributed by atoms with E-state index in [1.54, 1.807) is 65.6 Å². The SMILES string of the molecule is C=Cc1ncc(Cl)c2c(C(=O)C(=O)N3CCN(C(=O)c4ccccc4)CC3)c[nH]c12.C=[CH][Sn]([CH2]CCC)([CH2]CCC)[CH2]CCC.O=C(C(=O)N1CCN(C(=O)C2=CC=[C+]C=C2)CC1)c1c[nH]c2c(Br)ncc(Cl)c12. The predicted octanol–water partition coefficient (Wildman–Crippen LogP) is 11.3. The van der Waals surface area contributed by atoms with Crippen LogP contribution in [0.1, 0.15) is 96.1 Å². The third kappa shape index (κ3) is 14.0. The van der Waals surface area contributed by atoms with Crippen LogP contribution in [-0.4, -0.2) is 145 Å². The van der Waals surface area contributed by atoms with Gasteiger partial charge in [-0.25, -0.2) is 4.98 Å². The van der Waals surface area contributed by atoms with Gasteiger partial charge in [-0.3, -0.25) is 33.8 Å². The molecule has 0 unspecified atom stereocenters. The summed E-state index contributed by atoms with van der Waals surface area (Å²) in [5.41, 5.74) is 3.26. The molecule has 14 nitrogen and oxygen atoms in total. The Labute approximate surface area is 456 Å². The molecule has 1 aliphatic carbocycles. The zero-order chi connectivity index (χ0) is 53.4. The van der Waals surface area contributed by atoms with Crippen LogP contribution in [0, 0.1) is 6.08 Å². The van der Waals surface area contributed by atoms with Crippen LogP contribution in [0.2, 0.25) is 23.4 Å². The number of H-pyrrole nitrogens is 2. The smallest absolute Gasteiger partial charge is 0.295 e. The fraction of sp³-hybridized carbons (Fsp3) is 0.357. The summed E-state index contributed by atoms with van der Waals surface area (Å²) in [5.74, 6) is -2.70. The normalized spacial score (nSPS) is 14.3. The van der Waals surface area contributed by atoms with Crippen molar-refractivity contribution in [2.24, 2.45) is 0 Å². The number of carbonyl (C=O) groups excluding carboxylic acids is 6. The minimum Gasteiger partial charge on any atom is -0.358 e. The fourth-order valence-corrected chi connectivity index (χ4v) is 23.1. The van der Waals surface area contributed by atoms with Gasteiger partial charge >= 0.3 is 102 Å². The number of allylic oxidation sites excluding steroid dienone is 4. The van der Waals surface area contributed by atoms with Crippen molar-refractivity contribution in [3.63, 3.8) is 0 Å². The van der Waals surface area contributed by atoms with Gasteiger partial charge in [-0.15, -0.1) is 0 Å².